The molecule has 0 aromatic heterocycles. The third kappa shape index (κ3) is 1.60. The van der Waals surface area contributed by atoms with Gasteiger partial charge < -0.3 is 24.8 Å². The van der Waals surface area contributed by atoms with Crippen LogP contribution >= 0.6 is 0 Å². The van der Waals surface area contributed by atoms with Gasteiger partial charge in [-0.1, -0.05) is 0 Å². The second-order valence-electron chi connectivity index (χ2n) is 2.92. The molecule has 12 heavy (non-hydrogen) atoms. The third-order valence-electron chi connectivity index (χ3n) is 2.04. The van der Waals surface area contributed by atoms with Gasteiger partial charge in [-0.3, -0.25) is 0 Å². The zero-order chi connectivity index (χ0) is 9.30. The first-order chi connectivity index (χ1) is 5.57. The topological polar surface area (TPSA) is 79.2 Å². The van der Waals surface area contributed by atoms with E-state index in [0.29, 0.717) is 0 Å². The highest BCUT2D eigenvalue weighted by atomic mass is 16.7. The Balaban J connectivity index is 2.63. The van der Waals surface area contributed by atoms with Crippen molar-refractivity contribution in [2.45, 2.75) is 37.6 Å². The van der Waals surface area contributed by atoms with Crippen molar-refractivity contribution in [2.75, 3.05) is 7.11 Å². The van der Waals surface area contributed by atoms with Crippen LogP contribution in [0.25, 0.3) is 0 Å². The predicted octanol–water partition coefficient (Wildman–Crippen LogP) is -1.54. The minimum Gasteiger partial charge on any atom is -0.388 e. The Morgan fingerprint density at radius 3 is 2.17 bits per heavy atom. The van der Waals surface area contributed by atoms with Gasteiger partial charge in [-0.05, 0) is 6.92 Å². The fourth-order valence-corrected chi connectivity index (χ4v) is 1.21. The van der Waals surface area contributed by atoms with Crippen molar-refractivity contribution >= 4 is 0 Å². The number of aliphatic hydroxyl groups excluding tert-OH is 3. The van der Waals surface area contributed by atoms with Crippen LogP contribution in [0.2, 0.25) is 0 Å². The molecule has 5 atom stereocenters. The molecule has 0 bridgehead atoms. The molecule has 0 saturated carbocycles. The summed E-state index contributed by atoms with van der Waals surface area (Å²) in [6.45, 7) is 1.60. The number of hydrogen-bond acceptors (Lipinski definition) is 5. The van der Waals surface area contributed by atoms with Crippen molar-refractivity contribution in [3.05, 3.63) is 0 Å². The summed E-state index contributed by atoms with van der Waals surface area (Å²) in [6.07, 6.45) is -4.86. The number of rotatable bonds is 1. The first kappa shape index (κ1) is 9.88. The largest absolute Gasteiger partial charge is 0.388 e. The first-order valence-electron chi connectivity index (χ1n) is 3.80. The van der Waals surface area contributed by atoms with Crippen molar-refractivity contribution < 1.29 is 24.8 Å². The lowest BCUT2D eigenvalue weighted by atomic mass is 10.0. The van der Waals surface area contributed by atoms with E-state index in [-0.39, 0.29) is 0 Å². The van der Waals surface area contributed by atoms with Gasteiger partial charge in [0, 0.05) is 7.11 Å². The fourth-order valence-electron chi connectivity index (χ4n) is 1.21. The lowest BCUT2D eigenvalue weighted by Gasteiger charge is -2.38. The van der Waals surface area contributed by atoms with Crippen LogP contribution in [0.15, 0.2) is 0 Å². The molecular formula is C7H14O5. The maximum Gasteiger partial charge on any atom is 0.186 e. The molecule has 72 valence electrons. The average molecular weight is 178 g/mol. The Kier molecular flexibility index (Phi) is 3.03. The number of aliphatic hydroxyl groups is 3. The molecule has 0 spiro atoms. The SMILES string of the molecule is COC1O[C@@H](C)[C@H](O)[C@@H](O)[C@H]1O. The predicted molar refractivity (Wildman–Crippen MR) is 39.4 cm³/mol. The molecule has 1 fully saturated rings. The highest BCUT2D eigenvalue weighted by Gasteiger charge is 2.41. The summed E-state index contributed by atoms with van der Waals surface area (Å²) in [5, 5.41) is 27.8. The quantitative estimate of drug-likeness (QED) is 0.453. The van der Waals surface area contributed by atoms with E-state index in [1.54, 1.807) is 6.92 Å². The zero-order valence-electron chi connectivity index (χ0n) is 7.04. The smallest absolute Gasteiger partial charge is 0.186 e. The van der Waals surface area contributed by atoms with Gasteiger partial charge in [-0.2, -0.15) is 0 Å². The Hall–Kier alpha value is -0.200. The van der Waals surface area contributed by atoms with Crippen molar-refractivity contribution in [1.29, 1.82) is 0 Å². The highest BCUT2D eigenvalue weighted by molar-refractivity contribution is 4.86. The van der Waals surface area contributed by atoms with Gasteiger partial charge in [-0.25, -0.2) is 0 Å². The third-order valence-corrected chi connectivity index (χ3v) is 2.04. The average Bonchev–Trinajstić information content (AvgIpc) is 2.08. The molecule has 0 amide bonds. The monoisotopic (exact) mass is 178 g/mol. The van der Waals surface area contributed by atoms with Crippen molar-refractivity contribution in [3.8, 4) is 0 Å². The van der Waals surface area contributed by atoms with E-state index in [4.69, 9.17) is 9.47 Å². The highest BCUT2D eigenvalue weighted by Crippen LogP contribution is 2.20. The molecule has 1 unspecified atom stereocenters. The standard InChI is InChI=1S/C7H14O5/c1-3-4(8)5(9)6(10)7(11-2)12-3/h3-10H,1-2H3/t3-,4-,5+,6+,7?/m0/s1. The molecule has 1 saturated heterocycles. The van der Waals surface area contributed by atoms with Crippen LogP contribution in [-0.4, -0.2) is 53.1 Å². The van der Waals surface area contributed by atoms with Gasteiger partial charge >= 0.3 is 0 Å². The number of methoxy groups -OCH3 is 1. The Bertz CT molecular complexity index is 146. The minimum absolute atomic E-state index is 0.534. The summed E-state index contributed by atoms with van der Waals surface area (Å²) in [4.78, 5) is 0. The normalized spacial score (nSPS) is 49.2. The van der Waals surface area contributed by atoms with Crippen LogP contribution in [0, 0.1) is 0 Å². The maximum atomic E-state index is 9.27. The number of ether oxygens (including phenoxy) is 2. The molecule has 0 radical (unpaired) electrons. The van der Waals surface area contributed by atoms with Gasteiger partial charge in [-0.15, -0.1) is 0 Å². The van der Waals surface area contributed by atoms with E-state index in [1.807, 2.05) is 0 Å². The number of hydrogen-bond donors (Lipinski definition) is 3. The molecule has 0 aliphatic carbocycles. The van der Waals surface area contributed by atoms with Crippen molar-refractivity contribution in [3.63, 3.8) is 0 Å². The summed E-state index contributed by atoms with van der Waals surface area (Å²) in [7, 11) is 1.37. The molecule has 1 aliphatic heterocycles. The molecule has 0 aromatic rings. The second kappa shape index (κ2) is 3.68. The van der Waals surface area contributed by atoms with E-state index in [2.05, 4.69) is 0 Å². The van der Waals surface area contributed by atoms with Crippen LogP contribution in [-0.2, 0) is 9.47 Å². The second-order valence-corrected chi connectivity index (χ2v) is 2.92. The van der Waals surface area contributed by atoms with Gasteiger partial charge in [0.05, 0.1) is 6.10 Å². The van der Waals surface area contributed by atoms with Gasteiger partial charge in [0.15, 0.2) is 6.29 Å². The molecule has 1 heterocycles. The molecule has 5 nitrogen and oxygen atoms in total. The lowest BCUT2D eigenvalue weighted by Crippen LogP contribution is -2.57. The summed E-state index contributed by atoms with van der Waals surface area (Å²) >= 11 is 0. The Labute approximate surface area is 70.5 Å². The van der Waals surface area contributed by atoms with E-state index in [1.165, 1.54) is 7.11 Å². The molecule has 0 aromatic carbocycles. The van der Waals surface area contributed by atoms with Crippen LogP contribution < -0.4 is 0 Å². The molecule has 5 heteroatoms. The van der Waals surface area contributed by atoms with Crippen LogP contribution in [0.3, 0.4) is 0 Å². The molecule has 3 N–H and O–H groups in total. The summed E-state index contributed by atoms with van der Waals surface area (Å²) in [5.41, 5.74) is 0. The van der Waals surface area contributed by atoms with Crippen LogP contribution in [0.1, 0.15) is 6.92 Å². The van der Waals surface area contributed by atoms with E-state index < -0.39 is 30.7 Å². The Morgan fingerprint density at radius 1 is 1.08 bits per heavy atom. The lowest BCUT2D eigenvalue weighted by molar-refractivity contribution is -0.286. The summed E-state index contributed by atoms with van der Waals surface area (Å²) in [5.74, 6) is 0. The maximum absolute atomic E-state index is 9.27. The van der Waals surface area contributed by atoms with Gasteiger partial charge in [0.25, 0.3) is 0 Å². The zero-order valence-corrected chi connectivity index (χ0v) is 7.04. The first-order valence-corrected chi connectivity index (χ1v) is 3.80. The van der Waals surface area contributed by atoms with Gasteiger partial charge in [0.2, 0.25) is 0 Å². The van der Waals surface area contributed by atoms with Crippen molar-refractivity contribution in [1.82, 2.24) is 0 Å². The molecule has 1 rings (SSSR count). The van der Waals surface area contributed by atoms with E-state index in [0.717, 1.165) is 0 Å². The summed E-state index contributed by atoms with van der Waals surface area (Å²) in [6, 6.07) is 0. The molecule has 1 aliphatic rings. The van der Waals surface area contributed by atoms with E-state index in [9.17, 15) is 15.3 Å². The van der Waals surface area contributed by atoms with Crippen LogP contribution in [0.4, 0.5) is 0 Å². The fraction of sp³-hybridized carbons (Fsp3) is 1.00. The van der Waals surface area contributed by atoms with Gasteiger partial charge in [0.1, 0.15) is 18.3 Å². The van der Waals surface area contributed by atoms with Crippen molar-refractivity contribution in [2.24, 2.45) is 0 Å². The van der Waals surface area contributed by atoms with E-state index >= 15 is 0 Å². The summed E-state index contributed by atoms with van der Waals surface area (Å²) < 4.78 is 9.80. The van der Waals surface area contributed by atoms with Crippen LogP contribution in [0.5, 0.6) is 0 Å². The molecular weight excluding hydrogens is 164 g/mol. The minimum atomic E-state index is -1.21. The Morgan fingerprint density at radius 2 is 1.67 bits per heavy atom.